The van der Waals surface area contributed by atoms with E-state index in [0.717, 1.165) is 11.1 Å². The number of benzene rings is 2. The standard InChI is InChI=1S/C23H21ClN2O4/c1-14-7-9-15(10-8-14)18-11-16(13-25-23(18)30-2)22(29)26-20(12-21(27)28)17-5-3-4-6-19(17)24/h3-11,13,20H,12H2,1-2H3,(H,26,29)(H,27,28)/t20-/m0/s1. The third-order valence-corrected chi connectivity index (χ3v) is 4.98. The summed E-state index contributed by atoms with van der Waals surface area (Å²) in [5.74, 6) is -1.11. The van der Waals surface area contributed by atoms with Crippen LogP contribution in [0.1, 0.15) is 33.9 Å². The predicted molar refractivity (Wildman–Crippen MR) is 115 cm³/mol. The summed E-state index contributed by atoms with van der Waals surface area (Å²) in [5, 5.41) is 12.4. The number of hydrogen-bond donors (Lipinski definition) is 2. The minimum absolute atomic E-state index is 0.286. The van der Waals surface area contributed by atoms with Gasteiger partial charge in [0.15, 0.2) is 0 Å². The first kappa shape index (κ1) is 21.3. The number of nitrogens with zero attached hydrogens (tertiary/aromatic N) is 1. The molecule has 0 fully saturated rings. The number of carbonyl (C=O) groups is 2. The number of hydrogen-bond acceptors (Lipinski definition) is 4. The number of carboxylic acid groups (broad SMARTS) is 1. The highest BCUT2D eigenvalue weighted by Gasteiger charge is 2.22. The van der Waals surface area contributed by atoms with Crippen LogP contribution < -0.4 is 10.1 Å². The molecule has 3 aromatic rings. The van der Waals surface area contributed by atoms with Gasteiger partial charge in [0.1, 0.15) is 0 Å². The number of nitrogens with one attached hydrogen (secondary N) is 1. The highest BCUT2D eigenvalue weighted by atomic mass is 35.5. The van der Waals surface area contributed by atoms with E-state index in [-0.39, 0.29) is 12.0 Å². The molecule has 0 bridgehead atoms. The van der Waals surface area contributed by atoms with Gasteiger partial charge in [-0.3, -0.25) is 9.59 Å². The van der Waals surface area contributed by atoms with Gasteiger partial charge >= 0.3 is 5.97 Å². The molecule has 2 N–H and O–H groups in total. The molecular weight excluding hydrogens is 404 g/mol. The van der Waals surface area contributed by atoms with E-state index in [1.165, 1.54) is 13.3 Å². The molecule has 0 aliphatic carbocycles. The fourth-order valence-electron chi connectivity index (χ4n) is 3.09. The molecule has 30 heavy (non-hydrogen) atoms. The lowest BCUT2D eigenvalue weighted by Crippen LogP contribution is -2.30. The van der Waals surface area contributed by atoms with E-state index in [2.05, 4.69) is 10.3 Å². The second-order valence-corrected chi connectivity index (χ2v) is 7.20. The Bertz CT molecular complexity index is 1070. The van der Waals surface area contributed by atoms with Gasteiger partial charge in [0.25, 0.3) is 5.91 Å². The molecule has 0 aliphatic rings. The van der Waals surface area contributed by atoms with E-state index in [0.29, 0.717) is 22.0 Å². The number of methoxy groups -OCH3 is 1. The van der Waals surface area contributed by atoms with Crippen LogP contribution in [0.3, 0.4) is 0 Å². The van der Waals surface area contributed by atoms with E-state index in [9.17, 15) is 14.7 Å². The number of ether oxygens (including phenoxy) is 1. The Morgan fingerprint density at radius 1 is 1.17 bits per heavy atom. The maximum Gasteiger partial charge on any atom is 0.305 e. The van der Waals surface area contributed by atoms with Crippen LogP contribution in [0.4, 0.5) is 0 Å². The molecular formula is C23H21ClN2O4. The molecule has 0 saturated carbocycles. The van der Waals surface area contributed by atoms with Crippen molar-refractivity contribution in [1.82, 2.24) is 10.3 Å². The summed E-state index contributed by atoms with van der Waals surface area (Å²) in [7, 11) is 1.51. The second-order valence-electron chi connectivity index (χ2n) is 6.79. The third-order valence-electron chi connectivity index (χ3n) is 4.63. The number of carbonyl (C=O) groups excluding carboxylic acids is 1. The summed E-state index contributed by atoms with van der Waals surface area (Å²) < 4.78 is 5.35. The molecule has 3 rings (SSSR count). The fourth-order valence-corrected chi connectivity index (χ4v) is 3.36. The zero-order valence-electron chi connectivity index (χ0n) is 16.6. The number of pyridine rings is 1. The van der Waals surface area contributed by atoms with Crippen LogP contribution in [0.25, 0.3) is 11.1 Å². The van der Waals surface area contributed by atoms with Crippen LogP contribution in [0.5, 0.6) is 5.88 Å². The van der Waals surface area contributed by atoms with Crippen molar-refractivity contribution in [3.8, 4) is 17.0 Å². The van der Waals surface area contributed by atoms with Gasteiger partial charge < -0.3 is 15.2 Å². The second kappa shape index (κ2) is 9.41. The highest BCUT2D eigenvalue weighted by molar-refractivity contribution is 6.31. The smallest absolute Gasteiger partial charge is 0.305 e. The highest BCUT2D eigenvalue weighted by Crippen LogP contribution is 2.30. The van der Waals surface area contributed by atoms with Crippen molar-refractivity contribution >= 4 is 23.5 Å². The van der Waals surface area contributed by atoms with E-state index in [4.69, 9.17) is 16.3 Å². The van der Waals surface area contributed by atoms with Gasteiger partial charge in [-0.2, -0.15) is 0 Å². The molecule has 1 heterocycles. The fraction of sp³-hybridized carbons (Fsp3) is 0.174. The van der Waals surface area contributed by atoms with Gasteiger partial charge in [-0.05, 0) is 30.2 Å². The average Bonchev–Trinajstić information content (AvgIpc) is 2.73. The Kier molecular flexibility index (Phi) is 6.69. The Labute approximate surface area is 179 Å². The van der Waals surface area contributed by atoms with Gasteiger partial charge in [-0.1, -0.05) is 59.6 Å². The molecule has 154 valence electrons. The SMILES string of the molecule is COc1ncc(C(=O)N[C@@H](CC(=O)O)c2ccccc2Cl)cc1-c1ccc(C)cc1. The van der Waals surface area contributed by atoms with Crippen LogP contribution in [0, 0.1) is 6.92 Å². The molecule has 0 saturated heterocycles. The molecule has 0 aliphatic heterocycles. The first-order valence-corrected chi connectivity index (χ1v) is 9.65. The molecule has 1 aromatic heterocycles. The summed E-state index contributed by atoms with van der Waals surface area (Å²) >= 11 is 6.22. The van der Waals surface area contributed by atoms with Crippen LogP contribution in [-0.4, -0.2) is 29.1 Å². The molecule has 1 amide bonds. The Morgan fingerprint density at radius 2 is 1.87 bits per heavy atom. The first-order valence-electron chi connectivity index (χ1n) is 9.27. The molecule has 7 heteroatoms. The number of aromatic nitrogens is 1. The molecule has 0 unspecified atom stereocenters. The lowest BCUT2D eigenvalue weighted by Gasteiger charge is -2.19. The Morgan fingerprint density at radius 3 is 2.50 bits per heavy atom. The van der Waals surface area contributed by atoms with Crippen molar-refractivity contribution < 1.29 is 19.4 Å². The molecule has 0 radical (unpaired) electrons. The summed E-state index contributed by atoms with van der Waals surface area (Å²) in [5.41, 5.74) is 3.45. The quantitative estimate of drug-likeness (QED) is 0.575. The maximum atomic E-state index is 12.9. The van der Waals surface area contributed by atoms with E-state index in [1.807, 2.05) is 31.2 Å². The van der Waals surface area contributed by atoms with Gasteiger partial charge in [0, 0.05) is 16.8 Å². The largest absolute Gasteiger partial charge is 0.481 e. The lowest BCUT2D eigenvalue weighted by atomic mass is 10.0. The van der Waals surface area contributed by atoms with Gasteiger partial charge in [-0.15, -0.1) is 0 Å². The lowest BCUT2D eigenvalue weighted by molar-refractivity contribution is -0.137. The summed E-state index contributed by atoms with van der Waals surface area (Å²) in [6.45, 7) is 1.99. The number of amides is 1. The topological polar surface area (TPSA) is 88.5 Å². The van der Waals surface area contributed by atoms with Crippen molar-refractivity contribution in [2.75, 3.05) is 7.11 Å². The first-order chi connectivity index (χ1) is 14.4. The van der Waals surface area contributed by atoms with Crippen molar-refractivity contribution in [2.24, 2.45) is 0 Å². The number of rotatable bonds is 7. The number of halogens is 1. The van der Waals surface area contributed by atoms with Crippen molar-refractivity contribution in [3.05, 3.63) is 82.5 Å². The Balaban J connectivity index is 1.93. The number of carboxylic acids is 1. The molecule has 6 nitrogen and oxygen atoms in total. The van der Waals surface area contributed by atoms with Gasteiger partial charge in [0.05, 0.1) is 25.1 Å². The van der Waals surface area contributed by atoms with Crippen LogP contribution >= 0.6 is 11.6 Å². The van der Waals surface area contributed by atoms with E-state index >= 15 is 0 Å². The summed E-state index contributed by atoms with van der Waals surface area (Å²) in [6, 6.07) is 15.5. The third kappa shape index (κ3) is 4.96. The minimum Gasteiger partial charge on any atom is -0.481 e. The summed E-state index contributed by atoms with van der Waals surface area (Å²) in [4.78, 5) is 28.5. The number of aliphatic carboxylic acids is 1. The Hall–Kier alpha value is -3.38. The van der Waals surface area contributed by atoms with Crippen LogP contribution in [0.15, 0.2) is 60.8 Å². The normalized spacial score (nSPS) is 11.6. The van der Waals surface area contributed by atoms with Crippen LogP contribution in [0.2, 0.25) is 5.02 Å². The van der Waals surface area contributed by atoms with Crippen molar-refractivity contribution in [2.45, 2.75) is 19.4 Å². The monoisotopic (exact) mass is 424 g/mol. The van der Waals surface area contributed by atoms with Gasteiger partial charge in [-0.25, -0.2) is 4.98 Å². The van der Waals surface area contributed by atoms with Crippen molar-refractivity contribution in [3.63, 3.8) is 0 Å². The van der Waals surface area contributed by atoms with E-state index in [1.54, 1.807) is 30.3 Å². The summed E-state index contributed by atoms with van der Waals surface area (Å²) in [6.07, 6.45) is 1.10. The van der Waals surface area contributed by atoms with Crippen LogP contribution in [-0.2, 0) is 4.79 Å². The van der Waals surface area contributed by atoms with Gasteiger partial charge in [0.2, 0.25) is 5.88 Å². The molecule has 2 aromatic carbocycles. The van der Waals surface area contributed by atoms with E-state index < -0.39 is 17.9 Å². The molecule has 0 spiro atoms. The molecule has 1 atom stereocenters. The maximum absolute atomic E-state index is 12.9. The predicted octanol–water partition coefficient (Wildman–Crippen LogP) is 4.66. The average molecular weight is 425 g/mol. The zero-order valence-corrected chi connectivity index (χ0v) is 17.3. The minimum atomic E-state index is -1.05. The number of aryl methyl sites for hydroxylation is 1. The van der Waals surface area contributed by atoms with Crippen molar-refractivity contribution in [1.29, 1.82) is 0 Å². The zero-order chi connectivity index (χ0) is 21.7.